The molecular weight excluding hydrogens is 276 g/mol. The van der Waals surface area contributed by atoms with Gasteiger partial charge >= 0.3 is 0 Å². The number of ether oxygens (including phenoxy) is 1. The lowest BCUT2D eigenvalue weighted by molar-refractivity contribution is 0.0183. The maximum Gasteiger partial charge on any atom is 0.243 e. The molecule has 0 saturated carbocycles. The Morgan fingerprint density at radius 3 is 2.75 bits per heavy atom. The monoisotopic (exact) mass is 298 g/mol. The van der Waals surface area contributed by atoms with Gasteiger partial charge in [-0.25, -0.2) is 8.42 Å². The number of piperidine rings is 1. The van der Waals surface area contributed by atoms with Crippen LogP contribution in [0.15, 0.2) is 23.1 Å². The zero-order valence-electron chi connectivity index (χ0n) is 12.2. The number of nitrogens with zero attached hydrogens (tertiary/aromatic N) is 1. The molecule has 2 unspecified atom stereocenters. The minimum absolute atomic E-state index is 0.0557. The fourth-order valence-corrected chi connectivity index (χ4v) is 4.30. The van der Waals surface area contributed by atoms with Gasteiger partial charge in [0.25, 0.3) is 0 Å². The topological polar surface area (TPSA) is 72.6 Å². The highest BCUT2D eigenvalue weighted by Crippen LogP contribution is 2.28. The van der Waals surface area contributed by atoms with Crippen molar-refractivity contribution in [1.29, 1.82) is 0 Å². The number of rotatable bonds is 3. The first-order valence-electron chi connectivity index (χ1n) is 6.76. The van der Waals surface area contributed by atoms with E-state index in [1.807, 2.05) is 0 Å². The van der Waals surface area contributed by atoms with Gasteiger partial charge in [0.2, 0.25) is 10.0 Å². The molecule has 2 atom stereocenters. The molecule has 0 radical (unpaired) electrons. The number of methoxy groups -OCH3 is 1. The lowest BCUT2D eigenvalue weighted by Crippen LogP contribution is -2.46. The average Bonchev–Trinajstić information content (AvgIpc) is 2.42. The first kappa shape index (κ1) is 15.3. The van der Waals surface area contributed by atoms with Crippen molar-refractivity contribution in [2.24, 2.45) is 5.92 Å². The van der Waals surface area contributed by atoms with Gasteiger partial charge in [-0.2, -0.15) is 4.31 Å². The molecule has 5 nitrogen and oxygen atoms in total. The summed E-state index contributed by atoms with van der Waals surface area (Å²) in [5.74, 6) is 0.369. The van der Waals surface area contributed by atoms with Crippen molar-refractivity contribution in [3.63, 3.8) is 0 Å². The van der Waals surface area contributed by atoms with Crippen LogP contribution in [0.3, 0.4) is 0 Å². The van der Waals surface area contributed by atoms with Crippen LogP contribution in [0.5, 0.6) is 0 Å². The number of hydrogen-bond donors (Lipinski definition) is 1. The van der Waals surface area contributed by atoms with E-state index in [-0.39, 0.29) is 6.10 Å². The van der Waals surface area contributed by atoms with E-state index in [1.54, 1.807) is 32.2 Å². The normalized spacial score (nSPS) is 24.8. The van der Waals surface area contributed by atoms with Gasteiger partial charge in [-0.1, -0.05) is 13.0 Å². The second-order valence-electron chi connectivity index (χ2n) is 5.37. The molecule has 0 bridgehead atoms. The molecule has 0 spiro atoms. The van der Waals surface area contributed by atoms with E-state index in [0.717, 1.165) is 6.42 Å². The van der Waals surface area contributed by atoms with Gasteiger partial charge in [0.1, 0.15) is 0 Å². The Kier molecular flexibility index (Phi) is 4.36. The lowest BCUT2D eigenvalue weighted by Gasteiger charge is -2.35. The molecule has 1 saturated heterocycles. The quantitative estimate of drug-likeness (QED) is 0.861. The number of nitrogens with two attached hydrogens (primary N) is 1. The Morgan fingerprint density at radius 1 is 1.40 bits per heavy atom. The average molecular weight is 298 g/mol. The molecule has 1 heterocycles. The van der Waals surface area contributed by atoms with Crippen LogP contribution >= 0.6 is 0 Å². The van der Waals surface area contributed by atoms with Crippen LogP contribution in [-0.4, -0.2) is 39.0 Å². The Hall–Kier alpha value is -1.11. The molecule has 2 rings (SSSR count). The van der Waals surface area contributed by atoms with Crippen LogP contribution < -0.4 is 5.73 Å². The molecule has 1 aliphatic heterocycles. The Bertz CT molecular complexity index is 586. The fourth-order valence-electron chi connectivity index (χ4n) is 2.58. The highest BCUT2D eigenvalue weighted by Gasteiger charge is 2.34. The molecule has 1 fully saturated rings. The largest absolute Gasteiger partial charge is 0.398 e. The number of benzene rings is 1. The predicted molar refractivity (Wildman–Crippen MR) is 78.9 cm³/mol. The molecule has 20 heavy (non-hydrogen) atoms. The standard InChI is InChI=1S/C14H22N2O3S/c1-10-7-8-16(9-13(10)19-3)20(17,18)14-6-4-5-12(15)11(14)2/h4-6,10,13H,7-9,15H2,1-3H3. The van der Waals surface area contributed by atoms with Crippen LogP contribution in [-0.2, 0) is 14.8 Å². The van der Waals surface area contributed by atoms with Gasteiger partial charge in [-0.15, -0.1) is 0 Å². The third-order valence-corrected chi connectivity index (χ3v) is 6.11. The van der Waals surface area contributed by atoms with E-state index < -0.39 is 10.0 Å². The minimum Gasteiger partial charge on any atom is -0.398 e. The van der Waals surface area contributed by atoms with Crippen molar-refractivity contribution < 1.29 is 13.2 Å². The molecule has 112 valence electrons. The van der Waals surface area contributed by atoms with E-state index in [1.165, 1.54) is 4.31 Å². The molecule has 1 aliphatic rings. The summed E-state index contributed by atoms with van der Waals surface area (Å²) in [6.07, 6.45) is 0.749. The zero-order valence-corrected chi connectivity index (χ0v) is 13.0. The van der Waals surface area contributed by atoms with Gasteiger partial charge in [-0.3, -0.25) is 0 Å². The maximum absolute atomic E-state index is 12.7. The third kappa shape index (κ3) is 2.68. The molecule has 0 amide bonds. The van der Waals surface area contributed by atoms with Gasteiger partial charge in [0.05, 0.1) is 11.0 Å². The number of hydrogen-bond acceptors (Lipinski definition) is 4. The second-order valence-corrected chi connectivity index (χ2v) is 7.28. The summed E-state index contributed by atoms with van der Waals surface area (Å²) in [7, 11) is -1.88. The summed E-state index contributed by atoms with van der Waals surface area (Å²) in [5.41, 5.74) is 6.93. The minimum atomic E-state index is -3.51. The second kappa shape index (κ2) is 5.71. The summed E-state index contributed by atoms with van der Waals surface area (Å²) in [6.45, 7) is 4.75. The Morgan fingerprint density at radius 2 is 2.10 bits per heavy atom. The lowest BCUT2D eigenvalue weighted by atomic mass is 9.97. The van der Waals surface area contributed by atoms with E-state index in [0.29, 0.717) is 35.2 Å². The summed E-state index contributed by atoms with van der Waals surface area (Å²) in [6, 6.07) is 5.00. The van der Waals surface area contributed by atoms with Crippen molar-refractivity contribution in [2.45, 2.75) is 31.3 Å². The van der Waals surface area contributed by atoms with Crippen LogP contribution in [0.25, 0.3) is 0 Å². The van der Waals surface area contributed by atoms with Crippen molar-refractivity contribution in [3.05, 3.63) is 23.8 Å². The summed E-state index contributed by atoms with van der Waals surface area (Å²) >= 11 is 0. The van der Waals surface area contributed by atoms with E-state index >= 15 is 0 Å². The third-order valence-electron chi connectivity index (χ3n) is 4.10. The van der Waals surface area contributed by atoms with E-state index in [4.69, 9.17) is 10.5 Å². The number of anilines is 1. The molecule has 1 aromatic carbocycles. The van der Waals surface area contributed by atoms with Gasteiger partial charge < -0.3 is 10.5 Å². The number of nitrogen functional groups attached to an aromatic ring is 1. The van der Waals surface area contributed by atoms with Gasteiger partial charge in [0, 0.05) is 25.9 Å². The molecular formula is C14H22N2O3S. The number of sulfonamides is 1. The van der Waals surface area contributed by atoms with Gasteiger partial charge in [0.15, 0.2) is 0 Å². The zero-order chi connectivity index (χ0) is 14.9. The van der Waals surface area contributed by atoms with Crippen LogP contribution in [0, 0.1) is 12.8 Å². The van der Waals surface area contributed by atoms with E-state index in [2.05, 4.69) is 6.92 Å². The first-order chi connectivity index (χ1) is 9.37. The summed E-state index contributed by atoms with van der Waals surface area (Å²) < 4.78 is 32.4. The maximum atomic E-state index is 12.7. The highest BCUT2D eigenvalue weighted by molar-refractivity contribution is 7.89. The Balaban J connectivity index is 2.33. The first-order valence-corrected chi connectivity index (χ1v) is 8.20. The van der Waals surface area contributed by atoms with Crippen molar-refractivity contribution in [1.82, 2.24) is 4.31 Å². The van der Waals surface area contributed by atoms with Crippen LogP contribution in [0.2, 0.25) is 0 Å². The molecule has 6 heteroatoms. The molecule has 1 aromatic rings. The summed E-state index contributed by atoms with van der Waals surface area (Å²) in [4.78, 5) is 0.293. The van der Waals surface area contributed by atoms with E-state index in [9.17, 15) is 8.42 Å². The molecule has 0 aromatic heterocycles. The van der Waals surface area contributed by atoms with Crippen molar-refractivity contribution >= 4 is 15.7 Å². The van der Waals surface area contributed by atoms with Crippen molar-refractivity contribution in [2.75, 3.05) is 25.9 Å². The van der Waals surface area contributed by atoms with Crippen LogP contribution in [0.1, 0.15) is 18.9 Å². The van der Waals surface area contributed by atoms with Crippen molar-refractivity contribution in [3.8, 4) is 0 Å². The summed E-state index contributed by atoms with van der Waals surface area (Å²) in [5, 5.41) is 0. The highest BCUT2D eigenvalue weighted by atomic mass is 32.2. The predicted octanol–water partition coefficient (Wildman–Crippen LogP) is 1.62. The Labute approximate surface area is 120 Å². The van der Waals surface area contributed by atoms with Gasteiger partial charge in [-0.05, 0) is 37.0 Å². The van der Waals surface area contributed by atoms with Crippen LogP contribution in [0.4, 0.5) is 5.69 Å². The fraction of sp³-hybridized carbons (Fsp3) is 0.571. The molecule has 2 N–H and O–H groups in total. The SMILES string of the molecule is COC1CN(S(=O)(=O)c2cccc(N)c2C)CCC1C. The smallest absolute Gasteiger partial charge is 0.243 e. The molecule has 0 aliphatic carbocycles.